The highest BCUT2D eigenvalue weighted by Crippen LogP contribution is 2.04. The molecule has 2 radical (unpaired) electrons. The molecule has 1 N–H and O–H groups in total. The highest BCUT2D eigenvalue weighted by atomic mass is 14.7. The smallest absolute Gasteiger partial charge is 0.116 e. The van der Waals surface area contributed by atoms with Gasteiger partial charge in [-0.15, -0.1) is 0 Å². The van der Waals surface area contributed by atoms with Crippen molar-refractivity contribution in [2.75, 3.05) is 0 Å². The Bertz CT molecular complexity index is 353. The summed E-state index contributed by atoms with van der Waals surface area (Å²) in [6.45, 7) is 0. The Hall–Kier alpha value is -1.25. The predicted molar refractivity (Wildman–Crippen MR) is 41.5 cm³/mol. The molecule has 2 aromatic rings. The molecule has 0 saturated heterocycles. The molecule has 0 aromatic carbocycles. The summed E-state index contributed by atoms with van der Waals surface area (Å²) in [4.78, 5) is 6.97. The molecular formula is C7H5BN2. The first-order valence-electron chi connectivity index (χ1n) is 3.04. The third-order valence-electron chi connectivity index (χ3n) is 1.52. The number of rotatable bonds is 0. The molecule has 2 heterocycles. The van der Waals surface area contributed by atoms with Crippen LogP contribution < -0.4 is 5.46 Å². The summed E-state index contributed by atoms with van der Waals surface area (Å²) in [5.41, 5.74) is 1.79. The standard InChI is InChI=1S/C7H5BN2/c8-6-4-10-7-1-2-9-3-5(6)7/h1-4,10H. The Morgan fingerprint density at radius 1 is 1.50 bits per heavy atom. The van der Waals surface area contributed by atoms with Crippen LogP contribution in [0.5, 0.6) is 0 Å². The predicted octanol–water partition coefficient (Wildman–Crippen LogP) is 0.357. The number of H-pyrrole nitrogens is 1. The maximum atomic E-state index is 5.60. The van der Waals surface area contributed by atoms with E-state index in [4.69, 9.17) is 7.85 Å². The molecule has 0 bridgehead atoms. The summed E-state index contributed by atoms with van der Waals surface area (Å²) in [5.74, 6) is 0. The summed E-state index contributed by atoms with van der Waals surface area (Å²) in [5, 5.41) is 0.988. The van der Waals surface area contributed by atoms with Crippen LogP contribution in [0.1, 0.15) is 0 Å². The fraction of sp³-hybridized carbons (Fsp3) is 0. The summed E-state index contributed by atoms with van der Waals surface area (Å²) in [6.07, 6.45) is 5.26. The number of nitrogens with zero attached hydrogens (tertiary/aromatic N) is 1. The van der Waals surface area contributed by atoms with Crippen molar-refractivity contribution >= 4 is 24.2 Å². The maximum Gasteiger partial charge on any atom is 0.116 e. The summed E-state index contributed by atoms with van der Waals surface area (Å²) >= 11 is 0. The van der Waals surface area contributed by atoms with Crippen LogP contribution in [0, 0.1) is 0 Å². The van der Waals surface area contributed by atoms with E-state index in [0.717, 1.165) is 16.4 Å². The zero-order valence-corrected chi connectivity index (χ0v) is 5.33. The lowest BCUT2D eigenvalue weighted by molar-refractivity contribution is 1.36. The second-order valence-electron chi connectivity index (χ2n) is 2.17. The van der Waals surface area contributed by atoms with Gasteiger partial charge in [0, 0.05) is 23.3 Å². The Morgan fingerprint density at radius 3 is 3.20 bits per heavy atom. The van der Waals surface area contributed by atoms with E-state index in [2.05, 4.69) is 9.97 Å². The molecule has 0 aliphatic carbocycles. The molecule has 0 aliphatic heterocycles. The van der Waals surface area contributed by atoms with E-state index in [0.29, 0.717) is 0 Å². The van der Waals surface area contributed by atoms with Crippen molar-refractivity contribution in [1.82, 2.24) is 9.97 Å². The van der Waals surface area contributed by atoms with Gasteiger partial charge < -0.3 is 4.98 Å². The van der Waals surface area contributed by atoms with Crippen LogP contribution in [0.15, 0.2) is 24.7 Å². The molecule has 0 spiro atoms. The lowest BCUT2D eigenvalue weighted by atomic mass is 9.97. The Balaban J connectivity index is 2.93. The van der Waals surface area contributed by atoms with E-state index in [1.807, 2.05) is 6.07 Å². The van der Waals surface area contributed by atoms with Crippen molar-refractivity contribution in [3.63, 3.8) is 0 Å². The highest BCUT2D eigenvalue weighted by molar-refractivity contribution is 6.38. The molecule has 2 rings (SSSR count). The Labute approximate surface area is 59.7 Å². The van der Waals surface area contributed by atoms with Gasteiger partial charge in [0.2, 0.25) is 0 Å². The topological polar surface area (TPSA) is 28.7 Å². The van der Waals surface area contributed by atoms with Crippen LogP contribution in [-0.2, 0) is 0 Å². The first-order chi connectivity index (χ1) is 4.88. The first-order valence-corrected chi connectivity index (χ1v) is 3.04. The number of fused-ring (bicyclic) bond motifs is 1. The van der Waals surface area contributed by atoms with Crippen LogP contribution in [0.4, 0.5) is 0 Å². The molecule has 2 nitrogen and oxygen atoms in total. The quantitative estimate of drug-likeness (QED) is 0.509. The van der Waals surface area contributed by atoms with Crippen molar-refractivity contribution in [2.24, 2.45) is 0 Å². The zero-order chi connectivity index (χ0) is 6.97. The number of hydrogen-bond donors (Lipinski definition) is 1. The summed E-state index contributed by atoms with van der Waals surface area (Å²) < 4.78 is 0. The Morgan fingerprint density at radius 2 is 2.40 bits per heavy atom. The van der Waals surface area contributed by atoms with Crippen LogP contribution in [0.25, 0.3) is 10.9 Å². The molecule has 46 valence electrons. The maximum absolute atomic E-state index is 5.60. The van der Waals surface area contributed by atoms with Crippen molar-refractivity contribution < 1.29 is 0 Å². The van der Waals surface area contributed by atoms with E-state index >= 15 is 0 Å². The average Bonchev–Trinajstić information content (AvgIpc) is 2.34. The van der Waals surface area contributed by atoms with Crippen molar-refractivity contribution in [3.05, 3.63) is 24.7 Å². The van der Waals surface area contributed by atoms with Gasteiger partial charge in [0.25, 0.3) is 0 Å². The molecule has 2 aromatic heterocycles. The van der Waals surface area contributed by atoms with E-state index < -0.39 is 0 Å². The van der Waals surface area contributed by atoms with Gasteiger partial charge in [-0.1, -0.05) is 5.46 Å². The largest absolute Gasteiger partial charge is 0.362 e. The Kier molecular flexibility index (Phi) is 1.03. The molecule has 0 unspecified atom stereocenters. The van der Waals surface area contributed by atoms with Crippen molar-refractivity contribution in [1.29, 1.82) is 0 Å². The van der Waals surface area contributed by atoms with E-state index in [-0.39, 0.29) is 0 Å². The van der Waals surface area contributed by atoms with Gasteiger partial charge in [0.15, 0.2) is 0 Å². The minimum Gasteiger partial charge on any atom is -0.362 e. The molecule has 0 saturated carbocycles. The average molecular weight is 128 g/mol. The lowest BCUT2D eigenvalue weighted by Gasteiger charge is -1.86. The van der Waals surface area contributed by atoms with E-state index in [9.17, 15) is 0 Å². The molecule has 3 heteroatoms. The van der Waals surface area contributed by atoms with Crippen LogP contribution in [0.2, 0.25) is 0 Å². The minimum atomic E-state index is 0.753. The molecule has 0 aliphatic rings. The summed E-state index contributed by atoms with van der Waals surface area (Å²) in [7, 11) is 5.60. The van der Waals surface area contributed by atoms with E-state index in [1.54, 1.807) is 18.6 Å². The summed E-state index contributed by atoms with van der Waals surface area (Å²) in [6, 6.07) is 1.89. The van der Waals surface area contributed by atoms with Gasteiger partial charge in [-0.3, -0.25) is 4.98 Å². The van der Waals surface area contributed by atoms with Crippen LogP contribution >= 0.6 is 0 Å². The molecule has 10 heavy (non-hydrogen) atoms. The van der Waals surface area contributed by atoms with Gasteiger partial charge in [-0.05, 0) is 12.3 Å². The van der Waals surface area contributed by atoms with Gasteiger partial charge in [0.1, 0.15) is 7.85 Å². The van der Waals surface area contributed by atoms with Crippen molar-refractivity contribution in [3.8, 4) is 0 Å². The van der Waals surface area contributed by atoms with Gasteiger partial charge in [0.05, 0.1) is 0 Å². The minimum absolute atomic E-state index is 0.753. The third-order valence-corrected chi connectivity index (χ3v) is 1.52. The first kappa shape index (κ1) is 5.53. The number of aromatic nitrogens is 2. The zero-order valence-electron chi connectivity index (χ0n) is 5.33. The number of hydrogen-bond acceptors (Lipinski definition) is 1. The van der Waals surface area contributed by atoms with E-state index in [1.165, 1.54) is 0 Å². The van der Waals surface area contributed by atoms with Crippen molar-refractivity contribution in [2.45, 2.75) is 0 Å². The normalized spacial score (nSPS) is 10.4. The fourth-order valence-electron chi connectivity index (χ4n) is 0.984. The lowest BCUT2D eigenvalue weighted by Crippen LogP contribution is -1.96. The second-order valence-corrected chi connectivity index (χ2v) is 2.17. The number of nitrogens with one attached hydrogen (secondary N) is 1. The number of aromatic amines is 1. The van der Waals surface area contributed by atoms with Crippen LogP contribution in [0.3, 0.4) is 0 Å². The molecule has 0 atom stereocenters. The molecular weight excluding hydrogens is 123 g/mol. The third kappa shape index (κ3) is 0.636. The monoisotopic (exact) mass is 128 g/mol. The SMILES string of the molecule is [B]c1c[nH]c2ccncc12. The van der Waals surface area contributed by atoms with Crippen LogP contribution in [-0.4, -0.2) is 17.8 Å². The highest BCUT2D eigenvalue weighted by Gasteiger charge is 1.94. The number of pyridine rings is 1. The molecule has 0 amide bonds. The van der Waals surface area contributed by atoms with Gasteiger partial charge >= 0.3 is 0 Å². The fourth-order valence-corrected chi connectivity index (χ4v) is 0.984. The molecule has 0 fully saturated rings. The van der Waals surface area contributed by atoms with Gasteiger partial charge in [-0.2, -0.15) is 0 Å². The second kappa shape index (κ2) is 1.87. The van der Waals surface area contributed by atoms with Gasteiger partial charge in [-0.25, -0.2) is 0 Å².